The van der Waals surface area contributed by atoms with E-state index in [4.69, 9.17) is 9.47 Å². The maximum Gasteiger partial charge on any atom is 0.175 e. The van der Waals surface area contributed by atoms with Crippen LogP contribution < -0.4 is 20.1 Å². The number of Topliss-reactive ketones (excluding diaryl/α,β-unsaturated/α-hetero) is 1. The van der Waals surface area contributed by atoms with Crippen LogP contribution >= 0.6 is 15.9 Å². The lowest BCUT2D eigenvalue weighted by molar-refractivity contribution is -0.116. The molecule has 6 heteroatoms. The predicted octanol–water partition coefficient (Wildman–Crippen LogP) is 7.14. The average molecular weight is 533 g/mol. The number of fused-ring (bicyclic) bond motifs is 1. The minimum absolute atomic E-state index is 0.141. The van der Waals surface area contributed by atoms with Gasteiger partial charge in [0.1, 0.15) is 0 Å². The second-order valence-corrected chi connectivity index (χ2v) is 9.90. The average Bonchev–Trinajstić information content (AvgIpc) is 3.02. The summed E-state index contributed by atoms with van der Waals surface area (Å²) in [5.74, 6) is 1.58. The molecule has 0 amide bonds. The summed E-state index contributed by atoms with van der Waals surface area (Å²) in [5, 5.41) is 7.25. The molecule has 2 aliphatic rings. The van der Waals surface area contributed by atoms with Crippen LogP contribution in [-0.2, 0) is 4.79 Å². The number of aryl methyl sites for hydroxylation is 1. The van der Waals surface area contributed by atoms with E-state index in [2.05, 4.69) is 57.8 Å². The molecule has 1 aliphatic carbocycles. The molecule has 0 saturated heterocycles. The van der Waals surface area contributed by atoms with E-state index < -0.39 is 0 Å². The molecule has 1 heterocycles. The summed E-state index contributed by atoms with van der Waals surface area (Å²) in [5.41, 5.74) is 7.03. The van der Waals surface area contributed by atoms with Gasteiger partial charge < -0.3 is 20.1 Å². The molecule has 0 unspecified atom stereocenters. The fraction of sp³-hybridized carbons (Fsp3) is 0.276. The summed E-state index contributed by atoms with van der Waals surface area (Å²) >= 11 is 3.66. The van der Waals surface area contributed by atoms with Crippen molar-refractivity contribution in [1.29, 1.82) is 0 Å². The highest BCUT2D eigenvalue weighted by atomic mass is 79.9. The smallest absolute Gasteiger partial charge is 0.175 e. The minimum atomic E-state index is -0.325. The summed E-state index contributed by atoms with van der Waals surface area (Å²) in [6.45, 7) is 4.55. The van der Waals surface area contributed by atoms with Gasteiger partial charge in [0.2, 0.25) is 0 Å². The fourth-order valence-corrected chi connectivity index (χ4v) is 5.58. The molecule has 180 valence electrons. The van der Waals surface area contributed by atoms with Crippen LogP contribution in [0.2, 0.25) is 0 Å². The SMILES string of the molecule is CCOc1c(Br)cc([C@@H]2Nc3ccccc3NC3=C2C(=O)C[C@@H](c2ccc(C)cc2)C3)cc1OC. The first-order valence-corrected chi connectivity index (χ1v) is 12.7. The van der Waals surface area contributed by atoms with Crippen molar-refractivity contribution in [2.45, 2.75) is 38.6 Å². The Morgan fingerprint density at radius 1 is 1.00 bits per heavy atom. The van der Waals surface area contributed by atoms with Crippen LogP contribution in [0.25, 0.3) is 0 Å². The van der Waals surface area contributed by atoms with Gasteiger partial charge in [-0.15, -0.1) is 0 Å². The molecular formula is C29H29BrN2O3. The van der Waals surface area contributed by atoms with Crippen molar-refractivity contribution < 1.29 is 14.3 Å². The Balaban J connectivity index is 1.62. The van der Waals surface area contributed by atoms with Crippen LogP contribution in [0, 0.1) is 6.92 Å². The number of methoxy groups -OCH3 is 1. The molecule has 35 heavy (non-hydrogen) atoms. The number of halogens is 1. The molecule has 0 spiro atoms. The number of ether oxygens (including phenoxy) is 2. The third-order valence-electron chi connectivity index (χ3n) is 6.73. The first kappa shape index (κ1) is 23.5. The van der Waals surface area contributed by atoms with E-state index in [1.807, 2.05) is 43.3 Å². The molecule has 0 bridgehead atoms. The summed E-state index contributed by atoms with van der Waals surface area (Å²) in [4.78, 5) is 13.8. The molecule has 1 aliphatic heterocycles. The Morgan fingerprint density at radius 3 is 2.46 bits per heavy atom. The molecule has 0 aromatic heterocycles. The molecule has 3 aromatic carbocycles. The second-order valence-electron chi connectivity index (χ2n) is 9.05. The standard InChI is InChI=1S/C29H29BrN2O3/c1-4-35-29-21(30)13-20(16-26(29)34-3)28-27-24(31-22-7-5-6-8-23(22)32-28)14-19(15-25(27)33)18-11-9-17(2)10-12-18/h5-13,16,19,28,31-32H,4,14-15H2,1-3H3/t19-,28-/m0/s1. The van der Waals surface area contributed by atoms with Gasteiger partial charge in [0.05, 0.1) is 35.6 Å². The normalized spacial score (nSPS) is 19.1. The Labute approximate surface area is 214 Å². The Morgan fingerprint density at radius 2 is 1.74 bits per heavy atom. The number of para-hydroxylation sites is 2. The van der Waals surface area contributed by atoms with E-state index in [1.165, 1.54) is 11.1 Å². The number of hydrogen-bond acceptors (Lipinski definition) is 5. The number of ketones is 1. The van der Waals surface area contributed by atoms with Crippen molar-refractivity contribution in [3.05, 3.63) is 93.1 Å². The lowest BCUT2D eigenvalue weighted by atomic mass is 9.78. The predicted molar refractivity (Wildman–Crippen MR) is 143 cm³/mol. The number of carbonyl (C=O) groups is 1. The van der Waals surface area contributed by atoms with E-state index in [-0.39, 0.29) is 17.7 Å². The van der Waals surface area contributed by atoms with Gasteiger partial charge in [0.25, 0.3) is 0 Å². The number of hydrogen-bond donors (Lipinski definition) is 2. The summed E-state index contributed by atoms with van der Waals surface area (Å²) in [7, 11) is 1.63. The molecule has 0 radical (unpaired) electrons. The third-order valence-corrected chi connectivity index (χ3v) is 7.32. The summed E-state index contributed by atoms with van der Waals surface area (Å²) in [6.07, 6.45) is 1.25. The highest BCUT2D eigenvalue weighted by Crippen LogP contribution is 2.46. The zero-order chi connectivity index (χ0) is 24.5. The van der Waals surface area contributed by atoms with Crippen LogP contribution in [-0.4, -0.2) is 19.5 Å². The highest BCUT2D eigenvalue weighted by Gasteiger charge is 2.36. The zero-order valence-corrected chi connectivity index (χ0v) is 21.7. The quantitative estimate of drug-likeness (QED) is 0.365. The molecule has 0 saturated carbocycles. The molecule has 2 atom stereocenters. The summed E-state index contributed by atoms with van der Waals surface area (Å²) < 4.78 is 12.3. The van der Waals surface area contributed by atoms with Crippen molar-refractivity contribution >= 4 is 33.1 Å². The van der Waals surface area contributed by atoms with Crippen molar-refractivity contribution in [1.82, 2.24) is 0 Å². The van der Waals surface area contributed by atoms with Gasteiger partial charge in [-0.1, -0.05) is 42.0 Å². The van der Waals surface area contributed by atoms with Crippen LogP contribution in [0.3, 0.4) is 0 Å². The fourth-order valence-electron chi connectivity index (χ4n) is 5.01. The van der Waals surface area contributed by atoms with Gasteiger partial charge in [-0.3, -0.25) is 4.79 Å². The summed E-state index contributed by atoms with van der Waals surface area (Å²) in [6, 6.07) is 20.3. The lowest BCUT2D eigenvalue weighted by Gasteiger charge is -2.30. The van der Waals surface area contributed by atoms with E-state index in [9.17, 15) is 4.79 Å². The van der Waals surface area contributed by atoms with E-state index in [0.29, 0.717) is 24.5 Å². The molecule has 2 N–H and O–H groups in total. The molecule has 5 rings (SSSR count). The number of rotatable bonds is 5. The maximum absolute atomic E-state index is 13.8. The van der Waals surface area contributed by atoms with Crippen LogP contribution in [0.15, 0.2) is 76.4 Å². The number of carbonyl (C=O) groups excluding carboxylic acids is 1. The van der Waals surface area contributed by atoms with E-state index >= 15 is 0 Å². The highest BCUT2D eigenvalue weighted by molar-refractivity contribution is 9.10. The maximum atomic E-state index is 13.8. The number of benzene rings is 3. The zero-order valence-electron chi connectivity index (χ0n) is 20.2. The van der Waals surface area contributed by atoms with Crippen molar-refractivity contribution in [2.24, 2.45) is 0 Å². The largest absolute Gasteiger partial charge is 0.493 e. The van der Waals surface area contributed by atoms with Gasteiger partial charge >= 0.3 is 0 Å². The molecule has 5 nitrogen and oxygen atoms in total. The van der Waals surface area contributed by atoms with Gasteiger partial charge in [-0.05, 0) is 77.5 Å². The number of allylic oxidation sites excluding steroid dienone is 1. The monoisotopic (exact) mass is 532 g/mol. The Hall–Kier alpha value is -3.25. The first-order chi connectivity index (χ1) is 17.0. The second kappa shape index (κ2) is 9.78. The molecular weight excluding hydrogens is 504 g/mol. The van der Waals surface area contributed by atoms with Crippen molar-refractivity contribution in [3.8, 4) is 11.5 Å². The van der Waals surface area contributed by atoms with E-state index in [0.717, 1.165) is 39.1 Å². The van der Waals surface area contributed by atoms with Gasteiger partial charge in [-0.2, -0.15) is 0 Å². The Bertz CT molecular complexity index is 1300. The van der Waals surface area contributed by atoms with Crippen LogP contribution in [0.5, 0.6) is 11.5 Å². The van der Waals surface area contributed by atoms with Crippen molar-refractivity contribution in [3.63, 3.8) is 0 Å². The van der Waals surface area contributed by atoms with Gasteiger partial charge in [0, 0.05) is 17.7 Å². The molecule has 0 fully saturated rings. The minimum Gasteiger partial charge on any atom is -0.493 e. The number of nitrogens with one attached hydrogen (secondary N) is 2. The van der Waals surface area contributed by atoms with E-state index in [1.54, 1.807) is 7.11 Å². The van der Waals surface area contributed by atoms with Gasteiger partial charge in [-0.25, -0.2) is 0 Å². The van der Waals surface area contributed by atoms with Crippen LogP contribution in [0.1, 0.15) is 48.4 Å². The van der Waals surface area contributed by atoms with Crippen LogP contribution in [0.4, 0.5) is 11.4 Å². The third kappa shape index (κ3) is 4.55. The first-order valence-electron chi connectivity index (χ1n) is 11.9. The van der Waals surface area contributed by atoms with Crippen molar-refractivity contribution in [2.75, 3.05) is 24.4 Å². The Kier molecular flexibility index (Phi) is 6.56. The number of anilines is 2. The topological polar surface area (TPSA) is 59.6 Å². The lowest BCUT2D eigenvalue weighted by Crippen LogP contribution is -2.27. The molecule has 3 aromatic rings. The van der Waals surface area contributed by atoms with Gasteiger partial charge in [0.15, 0.2) is 17.3 Å².